The van der Waals surface area contributed by atoms with Crippen molar-refractivity contribution in [3.05, 3.63) is 15.1 Å². The zero-order valence-corrected chi connectivity index (χ0v) is 17.5. The quantitative estimate of drug-likeness (QED) is 0.542. The first kappa shape index (κ1) is 20.8. The lowest BCUT2D eigenvalue weighted by atomic mass is 10.1. The number of hydrogen-bond donors (Lipinski definition) is 0. The molecule has 0 radical (unpaired) electrons. The summed E-state index contributed by atoms with van der Waals surface area (Å²) in [5.41, 5.74) is -1.60. The summed E-state index contributed by atoms with van der Waals surface area (Å²) in [5.74, 6) is -1.17. The third kappa shape index (κ3) is 5.41. The van der Waals surface area contributed by atoms with E-state index in [9.17, 15) is 9.59 Å². The van der Waals surface area contributed by atoms with Crippen LogP contribution >= 0.6 is 23.8 Å². The van der Waals surface area contributed by atoms with Crippen molar-refractivity contribution in [2.45, 2.75) is 79.1 Å². The molecule has 0 spiro atoms. The van der Waals surface area contributed by atoms with E-state index in [4.69, 9.17) is 21.7 Å². The van der Waals surface area contributed by atoms with Crippen LogP contribution in [0.5, 0.6) is 0 Å². The molecule has 0 bridgehead atoms. The van der Waals surface area contributed by atoms with Crippen molar-refractivity contribution < 1.29 is 19.1 Å². The Hall–Kier alpha value is -1.21. The predicted molar refractivity (Wildman–Crippen MR) is 98.5 cm³/mol. The number of rotatable bonds is 2. The molecule has 0 saturated heterocycles. The van der Waals surface area contributed by atoms with Gasteiger partial charge in [0, 0.05) is 5.54 Å². The monoisotopic (exact) mass is 373 g/mol. The first-order valence-electron chi connectivity index (χ1n) is 7.76. The Balaban J connectivity index is 3.49. The highest BCUT2D eigenvalue weighted by molar-refractivity contribution is 7.71. The summed E-state index contributed by atoms with van der Waals surface area (Å²) in [6.45, 7) is 16.5. The van der Waals surface area contributed by atoms with Crippen LogP contribution in [-0.2, 0) is 15.0 Å². The Bertz CT molecular complexity index is 694. The largest absolute Gasteiger partial charge is 0.456 e. The fourth-order valence-corrected chi connectivity index (χ4v) is 3.45. The van der Waals surface area contributed by atoms with Crippen LogP contribution in [0, 0.1) is 4.64 Å². The molecule has 1 heterocycles. The van der Waals surface area contributed by atoms with Crippen LogP contribution in [0.25, 0.3) is 0 Å². The van der Waals surface area contributed by atoms with Gasteiger partial charge in [-0.05, 0) is 73.8 Å². The molecule has 0 aliphatic heterocycles. The van der Waals surface area contributed by atoms with Crippen LogP contribution in [0.4, 0.5) is 0 Å². The van der Waals surface area contributed by atoms with E-state index in [1.807, 2.05) is 20.8 Å². The maximum atomic E-state index is 12.6. The molecule has 1 rings (SSSR count). The summed E-state index contributed by atoms with van der Waals surface area (Å²) in [6.07, 6.45) is 0. The molecule has 24 heavy (non-hydrogen) atoms. The van der Waals surface area contributed by atoms with Crippen LogP contribution in [0.3, 0.4) is 0 Å². The van der Waals surface area contributed by atoms with E-state index >= 15 is 0 Å². The van der Waals surface area contributed by atoms with E-state index < -0.39 is 23.1 Å². The number of carbonyl (C=O) groups is 2. The molecule has 0 N–H and O–H groups in total. The molecule has 1 aromatic rings. The van der Waals surface area contributed by atoms with Crippen molar-refractivity contribution in [2.75, 3.05) is 0 Å². The van der Waals surface area contributed by atoms with E-state index in [1.54, 1.807) is 45.5 Å². The highest BCUT2D eigenvalue weighted by Crippen LogP contribution is 2.30. The van der Waals surface area contributed by atoms with Gasteiger partial charge in [-0.15, -0.1) is 0 Å². The van der Waals surface area contributed by atoms with Gasteiger partial charge in [-0.3, -0.25) is 3.96 Å². The lowest BCUT2D eigenvalue weighted by molar-refractivity contribution is 0.00229. The normalized spacial score (nSPS) is 12.9. The summed E-state index contributed by atoms with van der Waals surface area (Å²) in [6, 6.07) is 0. The van der Waals surface area contributed by atoms with Gasteiger partial charge in [0.05, 0.1) is 0 Å². The topological polar surface area (TPSA) is 57.5 Å². The number of carbonyl (C=O) groups excluding carboxylic acids is 2. The van der Waals surface area contributed by atoms with Crippen molar-refractivity contribution >= 4 is 35.7 Å². The SMILES string of the molecule is CC(C)(C)OC(=O)c1sn(C(C)(C)C)c(=S)c1C(=O)OC(C)(C)C. The van der Waals surface area contributed by atoms with Crippen molar-refractivity contribution in [3.8, 4) is 0 Å². The first-order chi connectivity index (χ1) is 10.5. The molecular formula is C17H27NO4S2. The van der Waals surface area contributed by atoms with Gasteiger partial charge in [0.15, 0.2) is 0 Å². The summed E-state index contributed by atoms with van der Waals surface area (Å²) in [7, 11) is 0. The lowest BCUT2D eigenvalue weighted by Gasteiger charge is -2.21. The summed E-state index contributed by atoms with van der Waals surface area (Å²) in [4.78, 5) is 25.4. The average Bonchev–Trinajstić information content (AvgIpc) is 2.61. The number of ether oxygens (including phenoxy) is 2. The Labute approximate surface area is 153 Å². The highest BCUT2D eigenvalue weighted by Gasteiger charge is 2.33. The fraction of sp³-hybridized carbons (Fsp3) is 0.706. The van der Waals surface area contributed by atoms with Crippen LogP contribution in [-0.4, -0.2) is 27.1 Å². The molecule has 0 unspecified atom stereocenters. The van der Waals surface area contributed by atoms with Gasteiger partial charge in [-0.1, -0.05) is 12.2 Å². The van der Waals surface area contributed by atoms with Gasteiger partial charge >= 0.3 is 11.9 Å². The summed E-state index contributed by atoms with van der Waals surface area (Å²) in [5, 5.41) is 0. The van der Waals surface area contributed by atoms with Gasteiger partial charge in [0.1, 0.15) is 26.3 Å². The van der Waals surface area contributed by atoms with E-state index in [-0.39, 0.29) is 16.0 Å². The van der Waals surface area contributed by atoms with Crippen LogP contribution in [0.1, 0.15) is 82.3 Å². The molecule has 0 amide bonds. The fourth-order valence-electron chi connectivity index (χ4n) is 1.79. The number of hydrogen-bond acceptors (Lipinski definition) is 6. The second kappa shape index (κ2) is 6.59. The van der Waals surface area contributed by atoms with Crippen LogP contribution in [0.15, 0.2) is 0 Å². The molecule has 136 valence electrons. The average molecular weight is 374 g/mol. The Morgan fingerprint density at radius 3 is 1.67 bits per heavy atom. The third-order valence-corrected chi connectivity index (χ3v) is 4.57. The third-order valence-electron chi connectivity index (χ3n) is 2.60. The molecule has 0 aromatic carbocycles. The summed E-state index contributed by atoms with van der Waals surface area (Å²) >= 11 is 6.58. The minimum atomic E-state index is -0.682. The van der Waals surface area contributed by atoms with E-state index in [1.165, 1.54) is 0 Å². The molecule has 0 atom stereocenters. The Kier molecular flexibility index (Phi) is 5.72. The smallest absolute Gasteiger partial charge is 0.351 e. The van der Waals surface area contributed by atoms with Gasteiger partial charge in [-0.25, -0.2) is 9.59 Å². The van der Waals surface area contributed by atoms with E-state index in [2.05, 4.69) is 0 Å². The van der Waals surface area contributed by atoms with Gasteiger partial charge < -0.3 is 9.47 Å². The second-order valence-corrected chi connectivity index (χ2v) is 9.91. The highest BCUT2D eigenvalue weighted by atomic mass is 32.1. The van der Waals surface area contributed by atoms with Crippen molar-refractivity contribution in [3.63, 3.8) is 0 Å². The minimum Gasteiger partial charge on any atom is -0.456 e. The van der Waals surface area contributed by atoms with Gasteiger partial charge in [-0.2, -0.15) is 0 Å². The second-order valence-electron chi connectivity index (χ2n) is 8.57. The van der Waals surface area contributed by atoms with E-state index in [0.29, 0.717) is 4.64 Å². The van der Waals surface area contributed by atoms with Crippen molar-refractivity contribution in [1.82, 2.24) is 3.96 Å². The maximum absolute atomic E-state index is 12.6. The first-order valence-corrected chi connectivity index (χ1v) is 8.94. The van der Waals surface area contributed by atoms with Crippen LogP contribution < -0.4 is 0 Å². The molecule has 7 heteroatoms. The van der Waals surface area contributed by atoms with Gasteiger partial charge in [0.25, 0.3) is 0 Å². The molecule has 1 aromatic heterocycles. The lowest BCUT2D eigenvalue weighted by Crippen LogP contribution is -2.27. The van der Waals surface area contributed by atoms with Crippen molar-refractivity contribution in [2.24, 2.45) is 0 Å². The van der Waals surface area contributed by atoms with Gasteiger partial charge in [0.2, 0.25) is 0 Å². The minimum absolute atomic E-state index is 0.106. The van der Waals surface area contributed by atoms with E-state index in [0.717, 1.165) is 11.5 Å². The summed E-state index contributed by atoms with van der Waals surface area (Å²) < 4.78 is 12.9. The van der Waals surface area contributed by atoms with Crippen molar-refractivity contribution in [1.29, 1.82) is 0 Å². The zero-order chi connectivity index (χ0) is 19.1. The standard InChI is InChI=1S/C17H27NO4S2/c1-15(2,3)18-12(23)10(13(19)21-16(4,5)6)11(24-18)14(20)22-17(7,8)9/h1-9H3. The predicted octanol–water partition coefficient (Wildman–Crippen LogP) is 4.94. The number of esters is 2. The number of nitrogens with zero attached hydrogens (tertiary/aromatic N) is 1. The van der Waals surface area contributed by atoms with Crippen LogP contribution in [0.2, 0.25) is 0 Å². The molecule has 0 aliphatic carbocycles. The molecule has 0 fully saturated rings. The molecular weight excluding hydrogens is 346 g/mol. The number of aromatic nitrogens is 1. The molecule has 0 saturated carbocycles. The Morgan fingerprint density at radius 1 is 0.875 bits per heavy atom. The maximum Gasteiger partial charge on any atom is 0.351 e. The molecule has 5 nitrogen and oxygen atoms in total. The Morgan fingerprint density at radius 2 is 1.29 bits per heavy atom. The zero-order valence-electron chi connectivity index (χ0n) is 15.9. The molecule has 0 aliphatic rings.